The highest BCUT2D eigenvalue weighted by atomic mass is 35.5. The Hall–Kier alpha value is -1.07. The van der Waals surface area contributed by atoms with Gasteiger partial charge in [0.1, 0.15) is 5.54 Å². The van der Waals surface area contributed by atoms with Crippen LogP contribution >= 0.6 is 11.6 Å². The molecule has 0 aliphatic heterocycles. The zero-order valence-electron chi connectivity index (χ0n) is 12.7. The molecular weight excluding hydrogens is 278 g/mol. The van der Waals surface area contributed by atoms with Gasteiger partial charge in [0, 0.05) is 13.1 Å². The third-order valence-corrected chi connectivity index (χ3v) is 4.34. The maximum Gasteiger partial charge on any atom is 0.323 e. The first-order chi connectivity index (χ1) is 9.45. The fourth-order valence-corrected chi connectivity index (χ4v) is 2.65. The average Bonchev–Trinajstić information content (AvgIpc) is 2.76. The molecule has 0 spiro atoms. The van der Waals surface area contributed by atoms with Crippen molar-refractivity contribution in [1.29, 1.82) is 0 Å². The van der Waals surface area contributed by atoms with E-state index in [1.165, 1.54) is 0 Å². The van der Waals surface area contributed by atoms with Gasteiger partial charge in [0.2, 0.25) is 0 Å². The minimum absolute atomic E-state index is 0.410. The number of aromatic nitrogens is 2. The largest absolute Gasteiger partial charge is 0.480 e. The van der Waals surface area contributed by atoms with Gasteiger partial charge in [-0.3, -0.25) is 14.8 Å². The Labute approximate surface area is 125 Å². The third kappa shape index (κ3) is 3.15. The van der Waals surface area contributed by atoms with E-state index in [-0.39, 0.29) is 0 Å². The van der Waals surface area contributed by atoms with Crippen LogP contribution in [0.15, 0.2) is 0 Å². The number of rotatable bonds is 8. The van der Waals surface area contributed by atoms with Crippen molar-refractivity contribution in [3.05, 3.63) is 16.4 Å². The second-order valence-corrected chi connectivity index (χ2v) is 5.20. The van der Waals surface area contributed by atoms with E-state index in [1.807, 2.05) is 32.4 Å². The van der Waals surface area contributed by atoms with Crippen molar-refractivity contribution in [3.63, 3.8) is 0 Å². The Morgan fingerprint density at radius 3 is 2.35 bits per heavy atom. The lowest BCUT2D eigenvalue weighted by Crippen LogP contribution is -2.51. The number of halogens is 1. The smallest absolute Gasteiger partial charge is 0.323 e. The van der Waals surface area contributed by atoms with E-state index in [2.05, 4.69) is 10.4 Å². The number of carboxylic acid groups (broad SMARTS) is 1. The summed E-state index contributed by atoms with van der Waals surface area (Å²) >= 11 is 6.33. The van der Waals surface area contributed by atoms with Crippen molar-refractivity contribution in [3.8, 4) is 0 Å². The predicted octanol–water partition coefficient (Wildman–Crippen LogP) is 2.85. The molecule has 0 unspecified atom stereocenters. The molecule has 0 aliphatic rings. The molecule has 20 heavy (non-hydrogen) atoms. The Morgan fingerprint density at radius 1 is 1.35 bits per heavy atom. The predicted molar refractivity (Wildman–Crippen MR) is 80.1 cm³/mol. The summed E-state index contributed by atoms with van der Waals surface area (Å²) in [6, 6.07) is 0. The second-order valence-electron chi connectivity index (χ2n) is 4.82. The summed E-state index contributed by atoms with van der Waals surface area (Å²) in [5, 5.41) is 17.7. The van der Waals surface area contributed by atoms with Crippen LogP contribution in [-0.4, -0.2) is 26.4 Å². The standard InChI is InChI=1S/C14H24ClN3O2/c1-5-10-12(15)11(18(8-4)17-10)9-16-14(6-2,7-3)13(19)20/h16H,5-9H2,1-4H3,(H,19,20). The average molecular weight is 302 g/mol. The summed E-state index contributed by atoms with van der Waals surface area (Å²) in [4.78, 5) is 11.5. The van der Waals surface area contributed by atoms with Crippen LogP contribution in [0.3, 0.4) is 0 Å². The maximum absolute atomic E-state index is 11.5. The highest BCUT2D eigenvalue weighted by Crippen LogP contribution is 2.23. The zero-order valence-corrected chi connectivity index (χ0v) is 13.4. The van der Waals surface area contributed by atoms with Crippen molar-refractivity contribution < 1.29 is 9.90 Å². The summed E-state index contributed by atoms with van der Waals surface area (Å²) in [5.74, 6) is -0.822. The van der Waals surface area contributed by atoms with Crippen LogP contribution in [-0.2, 0) is 24.3 Å². The number of aliphatic carboxylic acids is 1. The lowest BCUT2D eigenvalue weighted by Gasteiger charge is -2.28. The summed E-state index contributed by atoms with van der Waals surface area (Å²) in [6.45, 7) is 8.88. The Balaban J connectivity index is 2.99. The third-order valence-electron chi connectivity index (χ3n) is 3.90. The van der Waals surface area contributed by atoms with Crippen molar-refractivity contribution in [2.24, 2.45) is 0 Å². The number of aryl methyl sites for hydroxylation is 2. The number of nitrogens with one attached hydrogen (secondary N) is 1. The lowest BCUT2D eigenvalue weighted by atomic mass is 9.93. The van der Waals surface area contributed by atoms with Gasteiger partial charge in [-0.15, -0.1) is 0 Å². The van der Waals surface area contributed by atoms with Crippen molar-refractivity contribution in [1.82, 2.24) is 15.1 Å². The van der Waals surface area contributed by atoms with E-state index in [0.717, 1.165) is 24.4 Å². The van der Waals surface area contributed by atoms with E-state index in [0.29, 0.717) is 24.4 Å². The van der Waals surface area contributed by atoms with Crippen LogP contribution in [0.4, 0.5) is 0 Å². The first-order valence-corrected chi connectivity index (χ1v) is 7.55. The van der Waals surface area contributed by atoms with Gasteiger partial charge in [0.05, 0.1) is 16.4 Å². The fourth-order valence-electron chi connectivity index (χ4n) is 2.32. The van der Waals surface area contributed by atoms with E-state index < -0.39 is 11.5 Å². The zero-order chi connectivity index (χ0) is 15.3. The van der Waals surface area contributed by atoms with Crippen LogP contribution in [0.5, 0.6) is 0 Å². The lowest BCUT2D eigenvalue weighted by molar-refractivity contribution is -0.145. The number of nitrogens with zero attached hydrogens (tertiary/aromatic N) is 2. The van der Waals surface area contributed by atoms with Crippen LogP contribution < -0.4 is 5.32 Å². The van der Waals surface area contributed by atoms with Gasteiger partial charge in [-0.2, -0.15) is 5.10 Å². The number of hydrogen-bond donors (Lipinski definition) is 2. The summed E-state index contributed by atoms with van der Waals surface area (Å²) in [7, 11) is 0. The van der Waals surface area contributed by atoms with Crippen molar-refractivity contribution >= 4 is 17.6 Å². The molecule has 1 aromatic heterocycles. The number of hydrogen-bond acceptors (Lipinski definition) is 3. The maximum atomic E-state index is 11.5. The Morgan fingerprint density at radius 2 is 1.95 bits per heavy atom. The minimum atomic E-state index is -0.904. The van der Waals surface area contributed by atoms with Crippen LogP contribution in [0, 0.1) is 0 Å². The number of carboxylic acids is 1. The molecule has 0 aliphatic carbocycles. The van der Waals surface area contributed by atoms with Gasteiger partial charge in [-0.1, -0.05) is 32.4 Å². The molecule has 0 saturated carbocycles. The Kier molecular flexibility index (Phi) is 6.02. The van der Waals surface area contributed by atoms with Crippen LogP contribution in [0.2, 0.25) is 5.02 Å². The normalized spacial score (nSPS) is 11.8. The first kappa shape index (κ1) is 17.0. The molecule has 1 aromatic rings. The molecule has 1 heterocycles. The highest BCUT2D eigenvalue weighted by Gasteiger charge is 2.34. The summed E-state index contributed by atoms with van der Waals surface area (Å²) < 4.78 is 1.84. The van der Waals surface area contributed by atoms with Gasteiger partial charge in [-0.25, -0.2) is 0 Å². The SMILES string of the molecule is CCc1nn(CC)c(CNC(CC)(CC)C(=O)O)c1Cl. The Bertz CT molecular complexity index is 467. The molecule has 0 atom stereocenters. The van der Waals surface area contributed by atoms with Crippen LogP contribution in [0.25, 0.3) is 0 Å². The monoisotopic (exact) mass is 301 g/mol. The van der Waals surface area contributed by atoms with Gasteiger partial charge >= 0.3 is 5.97 Å². The molecule has 0 aromatic carbocycles. The molecule has 2 N–H and O–H groups in total. The van der Waals surface area contributed by atoms with E-state index >= 15 is 0 Å². The minimum Gasteiger partial charge on any atom is -0.480 e. The highest BCUT2D eigenvalue weighted by molar-refractivity contribution is 6.31. The van der Waals surface area contributed by atoms with Crippen LogP contribution in [0.1, 0.15) is 51.9 Å². The molecule has 0 fully saturated rings. The van der Waals surface area contributed by atoms with Gasteiger partial charge in [0.25, 0.3) is 0 Å². The van der Waals surface area contributed by atoms with Crippen molar-refractivity contribution in [2.75, 3.05) is 0 Å². The molecule has 0 radical (unpaired) electrons. The summed E-state index contributed by atoms with van der Waals surface area (Å²) in [5.41, 5.74) is 0.816. The second kappa shape index (κ2) is 7.09. The molecular formula is C14H24ClN3O2. The van der Waals surface area contributed by atoms with E-state index in [1.54, 1.807) is 0 Å². The van der Waals surface area contributed by atoms with Gasteiger partial charge < -0.3 is 5.11 Å². The molecule has 6 heteroatoms. The number of carbonyl (C=O) groups is 1. The summed E-state index contributed by atoms with van der Waals surface area (Å²) in [6.07, 6.45) is 1.82. The quantitative estimate of drug-likeness (QED) is 0.775. The van der Waals surface area contributed by atoms with Gasteiger partial charge in [-0.05, 0) is 26.2 Å². The molecule has 114 valence electrons. The molecule has 0 amide bonds. The van der Waals surface area contributed by atoms with E-state index in [9.17, 15) is 9.90 Å². The molecule has 0 saturated heterocycles. The topological polar surface area (TPSA) is 67.2 Å². The fraction of sp³-hybridized carbons (Fsp3) is 0.714. The van der Waals surface area contributed by atoms with Crippen molar-refractivity contribution in [2.45, 2.75) is 65.6 Å². The van der Waals surface area contributed by atoms with Gasteiger partial charge in [0.15, 0.2) is 0 Å². The first-order valence-electron chi connectivity index (χ1n) is 7.18. The molecule has 1 rings (SSSR count). The van der Waals surface area contributed by atoms with E-state index in [4.69, 9.17) is 11.6 Å². The molecule has 5 nitrogen and oxygen atoms in total. The molecule has 0 bridgehead atoms.